The summed E-state index contributed by atoms with van der Waals surface area (Å²) in [6.45, 7) is 4.75. The minimum atomic E-state index is -0.422. The van der Waals surface area contributed by atoms with Crippen molar-refractivity contribution in [3.63, 3.8) is 0 Å². The summed E-state index contributed by atoms with van der Waals surface area (Å²) in [5.74, 6) is -0.0486. The lowest BCUT2D eigenvalue weighted by Crippen LogP contribution is -2.03. The first kappa shape index (κ1) is 13.4. The Kier molecular flexibility index (Phi) is 4.05. The molecule has 0 amide bonds. The molecule has 0 saturated heterocycles. The molecule has 0 aliphatic heterocycles. The van der Waals surface area contributed by atoms with Crippen molar-refractivity contribution in [2.75, 3.05) is 5.32 Å². The van der Waals surface area contributed by atoms with Gasteiger partial charge >= 0.3 is 0 Å². The largest absolute Gasteiger partial charge is 0.508 e. The van der Waals surface area contributed by atoms with E-state index < -0.39 is 5.82 Å². The smallest absolute Gasteiger partial charge is 0.127 e. The van der Waals surface area contributed by atoms with Gasteiger partial charge in [-0.15, -0.1) is 0 Å². The van der Waals surface area contributed by atoms with Crippen LogP contribution in [0, 0.1) is 5.82 Å². The summed E-state index contributed by atoms with van der Waals surface area (Å²) in [5, 5.41) is 12.7. The summed E-state index contributed by atoms with van der Waals surface area (Å²) in [6.07, 6.45) is 0. The van der Waals surface area contributed by atoms with Gasteiger partial charge in [-0.3, -0.25) is 0 Å². The lowest BCUT2D eigenvalue weighted by Gasteiger charge is -2.14. The second-order valence-corrected chi connectivity index (χ2v) is 4.91. The van der Waals surface area contributed by atoms with Crippen LogP contribution in [0.25, 0.3) is 0 Å². The van der Waals surface area contributed by atoms with Gasteiger partial charge in [-0.25, -0.2) is 4.39 Å². The van der Waals surface area contributed by atoms with Crippen LogP contribution >= 0.6 is 0 Å². The summed E-state index contributed by atoms with van der Waals surface area (Å²) in [6, 6.07) is 12.2. The predicted octanol–water partition coefficient (Wildman–Crippen LogP) is 4.27. The van der Waals surface area contributed by atoms with Gasteiger partial charge in [0.1, 0.15) is 11.6 Å². The van der Waals surface area contributed by atoms with Crippen molar-refractivity contribution >= 4 is 5.69 Å². The lowest BCUT2D eigenvalue weighted by molar-refractivity contribution is 0.468. The van der Waals surface area contributed by atoms with Gasteiger partial charge in [-0.05, 0) is 35.2 Å². The molecule has 19 heavy (non-hydrogen) atoms. The van der Waals surface area contributed by atoms with Crippen LogP contribution in [0.15, 0.2) is 42.5 Å². The lowest BCUT2D eigenvalue weighted by atomic mass is 10.0. The fraction of sp³-hybridized carbons (Fsp3) is 0.250. The minimum absolute atomic E-state index is 0.0473. The molecule has 3 heteroatoms. The van der Waals surface area contributed by atoms with E-state index in [0.717, 1.165) is 17.3 Å². The molecule has 2 rings (SSSR count). The second-order valence-electron chi connectivity index (χ2n) is 4.91. The molecule has 2 N–H and O–H groups in total. The Morgan fingerprint density at radius 1 is 1.16 bits per heavy atom. The molecule has 0 spiro atoms. The quantitative estimate of drug-likeness (QED) is 0.859. The van der Waals surface area contributed by atoms with E-state index in [4.69, 9.17) is 0 Å². The molecule has 0 heterocycles. The summed E-state index contributed by atoms with van der Waals surface area (Å²) >= 11 is 0. The van der Waals surface area contributed by atoms with Crippen molar-refractivity contribution in [2.24, 2.45) is 0 Å². The highest BCUT2D eigenvalue weighted by Gasteiger charge is 2.06. The number of aromatic hydroxyl groups is 1. The number of benzene rings is 2. The number of anilines is 1. The SMILES string of the molecule is CC(C)c1ccccc1NCc1cc(O)cc(F)c1. The highest BCUT2D eigenvalue weighted by molar-refractivity contribution is 5.53. The van der Waals surface area contributed by atoms with E-state index >= 15 is 0 Å². The van der Waals surface area contributed by atoms with Gasteiger partial charge in [0.15, 0.2) is 0 Å². The Morgan fingerprint density at radius 3 is 2.58 bits per heavy atom. The van der Waals surface area contributed by atoms with Gasteiger partial charge in [0.05, 0.1) is 0 Å². The fourth-order valence-electron chi connectivity index (χ4n) is 2.09. The van der Waals surface area contributed by atoms with Crippen LogP contribution in [-0.2, 0) is 6.54 Å². The van der Waals surface area contributed by atoms with Gasteiger partial charge in [-0.2, -0.15) is 0 Å². The number of hydrogen-bond donors (Lipinski definition) is 2. The summed E-state index contributed by atoms with van der Waals surface area (Å²) in [5.41, 5.74) is 2.99. The van der Waals surface area contributed by atoms with E-state index in [1.807, 2.05) is 18.2 Å². The second kappa shape index (κ2) is 5.74. The molecule has 0 saturated carbocycles. The number of para-hydroxylation sites is 1. The van der Waals surface area contributed by atoms with Crippen molar-refractivity contribution in [3.8, 4) is 5.75 Å². The number of phenols is 1. The summed E-state index contributed by atoms with van der Waals surface area (Å²) < 4.78 is 13.2. The molecule has 0 unspecified atom stereocenters. The maximum Gasteiger partial charge on any atom is 0.127 e. The van der Waals surface area contributed by atoms with Crippen molar-refractivity contribution in [2.45, 2.75) is 26.3 Å². The van der Waals surface area contributed by atoms with Crippen molar-refractivity contribution in [3.05, 3.63) is 59.4 Å². The molecule has 0 bridgehead atoms. The van der Waals surface area contributed by atoms with E-state index in [-0.39, 0.29) is 5.75 Å². The van der Waals surface area contributed by atoms with Gasteiger partial charge in [0.2, 0.25) is 0 Å². The van der Waals surface area contributed by atoms with E-state index in [9.17, 15) is 9.50 Å². The molecule has 0 radical (unpaired) electrons. The van der Waals surface area contributed by atoms with Crippen LogP contribution < -0.4 is 5.32 Å². The third kappa shape index (κ3) is 3.47. The zero-order chi connectivity index (χ0) is 13.8. The van der Waals surface area contributed by atoms with Crippen LogP contribution in [0.5, 0.6) is 5.75 Å². The maximum absolute atomic E-state index is 13.2. The number of hydrogen-bond acceptors (Lipinski definition) is 2. The monoisotopic (exact) mass is 259 g/mol. The molecular formula is C16H18FNO. The molecule has 0 aromatic heterocycles. The molecule has 100 valence electrons. The third-order valence-electron chi connectivity index (χ3n) is 3.01. The zero-order valence-corrected chi connectivity index (χ0v) is 11.2. The Morgan fingerprint density at radius 2 is 1.89 bits per heavy atom. The average Bonchev–Trinajstić information content (AvgIpc) is 2.35. The molecule has 0 atom stereocenters. The average molecular weight is 259 g/mol. The molecule has 0 aliphatic carbocycles. The van der Waals surface area contributed by atoms with Crippen LogP contribution in [0.2, 0.25) is 0 Å². The Balaban J connectivity index is 2.14. The first-order chi connectivity index (χ1) is 9.06. The predicted molar refractivity (Wildman–Crippen MR) is 75.9 cm³/mol. The number of nitrogens with one attached hydrogen (secondary N) is 1. The Labute approximate surface area is 112 Å². The van der Waals surface area contributed by atoms with E-state index in [0.29, 0.717) is 12.5 Å². The van der Waals surface area contributed by atoms with Crippen molar-refractivity contribution in [1.29, 1.82) is 0 Å². The van der Waals surface area contributed by atoms with Crippen molar-refractivity contribution < 1.29 is 9.50 Å². The Hall–Kier alpha value is -2.03. The molecule has 0 fully saturated rings. The fourth-order valence-corrected chi connectivity index (χ4v) is 2.09. The molecule has 2 aromatic rings. The molecular weight excluding hydrogens is 241 g/mol. The van der Waals surface area contributed by atoms with Gasteiger partial charge < -0.3 is 10.4 Å². The highest BCUT2D eigenvalue weighted by atomic mass is 19.1. The van der Waals surface area contributed by atoms with Crippen LogP contribution in [0.1, 0.15) is 30.9 Å². The van der Waals surface area contributed by atoms with Crippen molar-refractivity contribution in [1.82, 2.24) is 0 Å². The standard InChI is InChI=1S/C16H18FNO/c1-11(2)15-5-3-4-6-16(15)18-10-12-7-13(17)9-14(19)8-12/h3-9,11,18-19H,10H2,1-2H3. The normalized spacial score (nSPS) is 10.7. The van der Waals surface area contributed by atoms with E-state index in [1.165, 1.54) is 11.6 Å². The minimum Gasteiger partial charge on any atom is -0.508 e. The molecule has 2 nitrogen and oxygen atoms in total. The van der Waals surface area contributed by atoms with Gasteiger partial charge in [0.25, 0.3) is 0 Å². The number of halogens is 1. The number of rotatable bonds is 4. The third-order valence-corrected chi connectivity index (χ3v) is 3.01. The summed E-state index contributed by atoms with van der Waals surface area (Å²) in [7, 11) is 0. The van der Waals surface area contributed by atoms with E-state index in [1.54, 1.807) is 6.07 Å². The van der Waals surface area contributed by atoms with Gasteiger partial charge in [-0.1, -0.05) is 32.0 Å². The number of phenolic OH excluding ortho intramolecular Hbond substituents is 1. The zero-order valence-electron chi connectivity index (χ0n) is 11.2. The van der Waals surface area contributed by atoms with Crippen LogP contribution in [-0.4, -0.2) is 5.11 Å². The molecule has 0 aliphatic rings. The van der Waals surface area contributed by atoms with Gasteiger partial charge in [0, 0.05) is 18.3 Å². The maximum atomic E-state index is 13.2. The topological polar surface area (TPSA) is 32.3 Å². The Bertz CT molecular complexity index is 546. The van der Waals surface area contributed by atoms with Crippen LogP contribution in [0.3, 0.4) is 0 Å². The van der Waals surface area contributed by atoms with E-state index in [2.05, 4.69) is 25.2 Å². The highest BCUT2D eigenvalue weighted by Crippen LogP contribution is 2.24. The summed E-state index contributed by atoms with van der Waals surface area (Å²) in [4.78, 5) is 0. The molecule has 2 aromatic carbocycles. The first-order valence-corrected chi connectivity index (χ1v) is 6.37. The first-order valence-electron chi connectivity index (χ1n) is 6.37. The van der Waals surface area contributed by atoms with Crippen LogP contribution in [0.4, 0.5) is 10.1 Å².